The summed E-state index contributed by atoms with van der Waals surface area (Å²) in [4.78, 5) is 0. The van der Waals surface area contributed by atoms with Crippen LogP contribution in [0, 0.1) is 0 Å². The third kappa shape index (κ3) is 20.8. The first-order chi connectivity index (χ1) is 7.93. The van der Waals surface area contributed by atoms with Gasteiger partial charge in [0, 0.05) is 0 Å². The molecule has 0 fully saturated rings. The van der Waals surface area contributed by atoms with Crippen molar-refractivity contribution < 1.29 is 25.5 Å². The highest BCUT2D eigenvalue weighted by atomic mass is 16.5. The first kappa shape index (κ1) is 18.2. The van der Waals surface area contributed by atoms with Crippen LogP contribution in [-0.2, 0) is 0 Å². The minimum Gasteiger partial charge on any atom is -0.508 e. The lowest BCUT2D eigenvalue weighted by atomic mass is 10.3. The SMILES string of the molecule is CC(O)CO.CCC(O)O.Oc1ccccc1. The summed E-state index contributed by atoms with van der Waals surface area (Å²) >= 11 is 0. The Hall–Kier alpha value is -1.14. The lowest BCUT2D eigenvalue weighted by Crippen LogP contribution is -2.03. The second-order valence-corrected chi connectivity index (χ2v) is 3.26. The Morgan fingerprint density at radius 3 is 1.53 bits per heavy atom. The van der Waals surface area contributed by atoms with E-state index in [4.69, 9.17) is 25.5 Å². The third-order valence-electron chi connectivity index (χ3n) is 1.39. The molecular formula is C12H22O5. The van der Waals surface area contributed by atoms with Crippen LogP contribution in [0.2, 0.25) is 0 Å². The van der Waals surface area contributed by atoms with Crippen LogP contribution in [0.3, 0.4) is 0 Å². The van der Waals surface area contributed by atoms with E-state index in [1.807, 2.05) is 6.07 Å². The van der Waals surface area contributed by atoms with Gasteiger partial charge in [0.15, 0.2) is 6.29 Å². The van der Waals surface area contributed by atoms with Crippen LogP contribution < -0.4 is 0 Å². The Labute approximate surface area is 102 Å². The number of aliphatic hydroxyl groups excluding tert-OH is 3. The van der Waals surface area contributed by atoms with Gasteiger partial charge < -0.3 is 25.5 Å². The molecule has 5 N–H and O–H groups in total. The Balaban J connectivity index is 0. The molecule has 0 aromatic heterocycles. The quantitative estimate of drug-likeness (QED) is 0.488. The first-order valence-corrected chi connectivity index (χ1v) is 5.33. The van der Waals surface area contributed by atoms with E-state index >= 15 is 0 Å². The maximum absolute atomic E-state index is 8.63. The summed E-state index contributed by atoms with van der Waals surface area (Å²) in [6.07, 6.45) is -1.26. The van der Waals surface area contributed by atoms with E-state index in [1.54, 1.807) is 31.2 Å². The average Bonchev–Trinajstić information content (AvgIpc) is 2.31. The van der Waals surface area contributed by atoms with Gasteiger partial charge in [0.1, 0.15) is 5.75 Å². The minimum atomic E-state index is -1.12. The van der Waals surface area contributed by atoms with Crippen LogP contribution in [0.4, 0.5) is 0 Å². The molecule has 17 heavy (non-hydrogen) atoms. The Morgan fingerprint density at radius 1 is 1.06 bits per heavy atom. The van der Waals surface area contributed by atoms with Gasteiger partial charge in [-0.05, 0) is 25.5 Å². The predicted molar refractivity (Wildman–Crippen MR) is 65.4 cm³/mol. The highest BCUT2D eigenvalue weighted by molar-refractivity contribution is 5.18. The van der Waals surface area contributed by atoms with Gasteiger partial charge in [0.25, 0.3) is 0 Å². The maximum atomic E-state index is 8.63. The molecule has 0 radical (unpaired) electrons. The topological polar surface area (TPSA) is 101 Å². The summed E-state index contributed by atoms with van der Waals surface area (Å²) < 4.78 is 0. The molecule has 0 aliphatic rings. The monoisotopic (exact) mass is 246 g/mol. The Bertz CT molecular complexity index is 228. The molecule has 1 rings (SSSR count). The van der Waals surface area contributed by atoms with Gasteiger partial charge in [-0.1, -0.05) is 25.1 Å². The predicted octanol–water partition coefficient (Wildman–Crippen LogP) is 0.459. The highest BCUT2D eigenvalue weighted by Gasteiger charge is 1.83. The summed E-state index contributed by atoms with van der Waals surface area (Å²) in [5, 5.41) is 40.5. The highest BCUT2D eigenvalue weighted by Crippen LogP contribution is 2.02. The zero-order valence-electron chi connectivity index (χ0n) is 10.2. The molecule has 0 aliphatic heterocycles. The van der Waals surface area contributed by atoms with Crippen LogP contribution in [0.25, 0.3) is 0 Å². The number of rotatable bonds is 2. The Morgan fingerprint density at radius 2 is 1.41 bits per heavy atom. The number of phenolic OH excluding ortho intramolecular Hbond substituents is 1. The van der Waals surface area contributed by atoms with Crippen LogP contribution in [-0.4, -0.2) is 44.5 Å². The van der Waals surface area contributed by atoms with Gasteiger partial charge in [-0.2, -0.15) is 0 Å². The molecule has 0 heterocycles. The molecule has 5 nitrogen and oxygen atoms in total. The van der Waals surface area contributed by atoms with E-state index in [0.717, 1.165) is 0 Å². The summed E-state index contributed by atoms with van der Waals surface area (Å²) in [6, 6.07) is 8.71. The second kappa shape index (κ2) is 12.9. The van der Waals surface area contributed by atoms with Gasteiger partial charge >= 0.3 is 0 Å². The van der Waals surface area contributed by atoms with Gasteiger partial charge in [-0.25, -0.2) is 0 Å². The van der Waals surface area contributed by atoms with Gasteiger partial charge in [-0.3, -0.25) is 0 Å². The lowest BCUT2D eigenvalue weighted by Gasteiger charge is -1.90. The van der Waals surface area contributed by atoms with E-state index in [1.165, 1.54) is 6.92 Å². The molecule has 1 aromatic carbocycles. The van der Waals surface area contributed by atoms with Crippen molar-refractivity contribution in [2.75, 3.05) is 6.61 Å². The molecule has 0 saturated heterocycles. The van der Waals surface area contributed by atoms with Crippen LogP contribution in [0.15, 0.2) is 30.3 Å². The number of hydrogen-bond donors (Lipinski definition) is 5. The zero-order valence-corrected chi connectivity index (χ0v) is 10.2. The number of hydrogen-bond acceptors (Lipinski definition) is 5. The summed E-state index contributed by atoms with van der Waals surface area (Å²) in [5.74, 6) is 0.322. The number of aromatic hydroxyl groups is 1. The molecule has 0 aliphatic carbocycles. The molecule has 5 heteroatoms. The molecule has 100 valence electrons. The van der Waals surface area contributed by atoms with Gasteiger partial charge in [-0.15, -0.1) is 0 Å². The molecule has 0 bridgehead atoms. The molecule has 1 aromatic rings. The van der Waals surface area contributed by atoms with Gasteiger partial charge in [0.2, 0.25) is 0 Å². The summed E-state index contributed by atoms with van der Waals surface area (Å²) in [6.45, 7) is 3.09. The van der Waals surface area contributed by atoms with E-state index in [9.17, 15) is 0 Å². The molecular weight excluding hydrogens is 224 g/mol. The van der Waals surface area contributed by atoms with E-state index in [-0.39, 0.29) is 6.61 Å². The molecule has 1 atom stereocenters. The fraction of sp³-hybridized carbons (Fsp3) is 0.500. The van der Waals surface area contributed by atoms with Crippen LogP contribution in [0.5, 0.6) is 5.75 Å². The first-order valence-electron chi connectivity index (χ1n) is 5.33. The number of para-hydroxylation sites is 1. The van der Waals surface area contributed by atoms with Crippen LogP contribution in [0.1, 0.15) is 20.3 Å². The molecule has 0 saturated carbocycles. The third-order valence-corrected chi connectivity index (χ3v) is 1.39. The number of phenols is 1. The average molecular weight is 246 g/mol. The van der Waals surface area contributed by atoms with Crippen LogP contribution >= 0.6 is 0 Å². The van der Waals surface area contributed by atoms with Crippen molar-refractivity contribution in [3.63, 3.8) is 0 Å². The summed E-state index contributed by atoms with van der Waals surface area (Å²) in [5.41, 5.74) is 0. The van der Waals surface area contributed by atoms with Crippen molar-refractivity contribution in [1.82, 2.24) is 0 Å². The Kier molecular flexibility index (Phi) is 13.9. The van der Waals surface area contributed by atoms with Gasteiger partial charge in [0.05, 0.1) is 12.7 Å². The normalized spacial score (nSPS) is 10.8. The number of benzene rings is 1. The van der Waals surface area contributed by atoms with Crippen molar-refractivity contribution in [2.24, 2.45) is 0 Å². The molecule has 0 spiro atoms. The van der Waals surface area contributed by atoms with Crippen molar-refractivity contribution in [1.29, 1.82) is 0 Å². The minimum absolute atomic E-state index is 0.139. The van der Waals surface area contributed by atoms with Crippen molar-refractivity contribution in [3.05, 3.63) is 30.3 Å². The van der Waals surface area contributed by atoms with E-state index in [0.29, 0.717) is 12.2 Å². The smallest absolute Gasteiger partial charge is 0.151 e. The van der Waals surface area contributed by atoms with Crippen molar-refractivity contribution in [3.8, 4) is 5.75 Å². The number of aliphatic hydroxyl groups is 4. The van der Waals surface area contributed by atoms with E-state index in [2.05, 4.69) is 0 Å². The fourth-order valence-electron chi connectivity index (χ4n) is 0.428. The zero-order chi connectivity index (χ0) is 13.7. The maximum Gasteiger partial charge on any atom is 0.151 e. The largest absolute Gasteiger partial charge is 0.508 e. The molecule has 0 amide bonds. The van der Waals surface area contributed by atoms with Crippen molar-refractivity contribution in [2.45, 2.75) is 32.7 Å². The second-order valence-electron chi connectivity index (χ2n) is 3.26. The lowest BCUT2D eigenvalue weighted by molar-refractivity contribution is -0.0413. The summed E-state index contributed by atoms with van der Waals surface area (Å²) in [7, 11) is 0. The fourth-order valence-corrected chi connectivity index (χ4v) is 0.428. The van der Waals surface area contributed by atoms with Crippen molar-refractivity contribution >= 4 is 0 Å². The van der Waals surface area contributed by atoms with E-state index < -0.39 is 12.4 Å². The standard InChI is InChI=1S/C6H6O.2C3H8O2/c7-6-4-2-1-3-5-6;1-3(5)2-4;1-2-3(4)5/h1-5,7H;2*3-5H,2H2,1H3. The molecule has 1 unspecified atom stereocenters.